The van der Waals surface area contributed by atoms with Gasteiger partial charge in [0.1, 0.15) is 11.6 Å². The fraction of sp³-hybridized carbons (Fsp3) is 0.0769. The number of benzene rings is 1. The number of aromatic nitrogens is 1. The molecule has 0 spiro atoms. The number of nitrogens with one attached hydrogen (secondary N) is 1. The summed E-state index contributed by atoms with van der Waals surface area (Å²) < 4.78 is 6.96. The first-order chi connectivity index (χ1) is 9.13. The van der Waals surface area contributed by atoms with Crippen LogP contribution in [0.3, 0.4) is 0 Å². The Morgan fingerprint density at radius 3 is 2.74 bits per heavy atom. The van der Waals surface area contributed by atoms with E-state index in [-0.39, 0.29) is 0 Å². The molecule has 0 unspecified atom stereocenters. The molecule has 0 saturated heterocycles. The molecule has 6 heteroatoms. The van der Waals surface area contributed by atoms with Gasteiger partial charge in [0.15, 0.2) is 0 Å². The van der Waals surface area contributed by atoms with E-state index in [1.807, 2.05) is 12.1 Å². The summed E-state index contributed by atoms with van der Waals surface area (Å²) in [5.41, 5.74) is 1.36. The van der Waals surface area contributed by atoms with Crippen LogP contribution in [-0.4, -0.2) is 12.1 Å². The molecule has 0 saturated carbocycles. The molecule has 0 radical (unpaired) electrons. The quantitative estimate of drug-likeness (QED) is 0.862. The van der Waals surface area contributed by atoms with Crippen LogP contribution in [0, 0.1) is 11.3 Å². The van der Waals surface area contributed by atoms with Crippen molar-refractivity contribution < 1.29 is 4.74 Å². The molecule has 1 aromatic heterocycles. The van der Waals surface area contributed by atoms with Gasteiger partial charge in [0.2, 0.25) is 0 Å². The van der Waals surface area contributed by atoms with Crippen LogP contribution < -0.4 is 10.1 Å². The van der Waals surface area contributed by atoms with Crippen LogP contribution in [0.4, 0.5) is 11.5 Å². The summed E-state index contributed by atoms with van der Waals surface area (Å²) >= 11 is 6.87. The molecule has 96 valence electrons. The van der Waals surface area contributed by atoms with Crippen molar-refractivity contribution >= 4 is 43.4 Å². The van der Waals surface area contributed by atoms with Crippen molar-refractivity contribution in [3.8, 4) is 11.8 Å². The number of nitrogens with zero attached hydrogens (tertiary/aromatic N) is 2. The molecule has 4 nitrogen and oxygen atoms in total. The SMILES string of the molecule is COc1cc(Nc2cc(C#N)ccn2)c(Br)cc1Br. The van der Waals surface area contributed by atoms with Gasteiger partial charge in [-0.3, -0.25) is 0 Å². The van der Waals surface area contributed by atoms with Crippen molar-refractivity contribution in [2.45, 2.75) is 0 Å². The predicted octanol–water partition coefficient (Wildman–Crippen LogP) is 4.23. The van der Waals surface area contributed by atoms with Crippen LogP contribution >= 0.6 is 31.9 Å². The van der Waals surface area contributed by atoms with Crippen molar-refractivity contribution in [2.75, 3.05) is 12.4 Å². The lowest BCUT2D eigenvalue weighted by molar-refractivity contribution is 0.412. The molecule has 0 atom stereocenters. The summed E-state index contributed by atoms with van der Waals surface area (Å²) in [6.07, 6.45) is 1.59. The van der Waals surface area contributed by atoms with E-state index in [1.165, 1.54) is 0 Å². The van der Waals surface area contributed by atoms with E-state index in [4.69, 9.17) is 10.00 Å². The fourth-order valence-electron chi connectivity index (χ4n) is 1.49. The highest BCUT2D eigenvalue weighted by Crippen LogP contribution is 2.35. The number of hydrogen-bond acceptors (Lipinski definition) is 4. The summed E-state index contributed by atoms with van der Waals surface area (Å²) in [6.45, 7) is 0. The Morgan fingerprint density at radius 1 is 1.26 bits per heavy atom. The van der Waals surface area contributed by atoms with Crippen LogP contribution in [0.2, 0.25) is 0 Å². The molecular weight excluding hydrogens is 374 g/mol. The lowest BCUT2D eigenvalue weighted by Gasteiger charge is -2.11. The highest BCUT2D eigenvalue weighted by Gasteiger charge is 2.08. The average molecular weight is 383 g/mol. The van der Waals surface area contributed by atoms with E-state index in [2.05, 4.69) is 48.2 Å². The third-order valence-corrected chi connectivity index (χ3v) is 3.67. The van der Waals surface area contributed by atoms with Crippen LogP contribution in [-0.2, 0) is 0 Å². The molecule has 0 fully saturated rings. The number of nitriles is 1. The molecule has 2 rings (SSSR count). The highest BCUT2D eigenvalue weighted by molar-refractivity contribution is 9.11. The van der Waals surface area contributed by atoms with Crippen LogP contribution in [0.25, 0.3) is 0 Å². The first-order valence-electron chi connectivity index (χ1n) is 5.30. The van der Waals surface area contributed by atoms with Crippen molar-refractivity contribution in [2.24, 2.45) is 0 Å². The summed E-state index contributed by atoms with van der Waals surface area (Å²) in [7, 11) is 1.60. The number of methoxy groups -OCH3 is 1. The highest BCUT2D eigenvalue weighted by atomic mass is 79.9. The zero-order chi connectivity index (χ0) is 13.8. The van der Waals surface area contributed by atoms with Crippen molar-refractivity contribution in [3.63, 3.8) is 0 Å². The van der Waals surface area contributed by atoms with E-state index in [9.17, 15) is 0 Å². The molecule has 1 N–H and O–H groups in total. The second-order valence-corrected chi connectivity index (χ2v) is 5.34. The molecule has 19 heavy (non-hydrogen) atoms. The first-order valence-corrected chi connectivity index (χ1v) is 6.89. The van der Waals surface area contributed by atoms with Gasteiger partial charge in [-0.05, 0) is 50.1 Å². The smallest absolute Gasteiger partial charge is 0.135 e. The minimum Gasteiger partial charge on any atom is -0.495 e. The van der Waals surface area contributed by atoms with E-state index in [1.54, 1.807) is 25.4 Å². The Kier molecular flexibility index (Phi) is 4.40. The zero-order valence-electron chi connectivity index (χ0n) is 9.95. The number of ether oxygens (including phenoxy) is 1. The summed E-state index contributed by atoms with van der Waals surface area (Å²) in [4.78, 5) is 4.17. The first kappa shape index (κ1) is 13.8. The predicted molar refractivity (Wildman–Crippen MR) is 80.6 cm³/mol. The van der Waals surface area contributed by atoms with Gasteiger partial charge < -0.3 is 10.1 Å². The van der Waals surface area contributed by atoms with E-state index < -0.39 is 0 Å². The second kappa shape index (κ2) is 6.04. The van der Waals surface area contributed by atoms with Gasteiger partial charge in [-0.2, -0.15) is 5.26 Å². The number of rotatable bonds is 3. The topological polar surface area (TPSA) is 57.9 Å². The number of anilines is 2. The normalized spacial score (nSPS) is 9.79. The largest absolute Gasteiger partial charge is 0.495 e. The average Bonchev–Trinajstić information content (AvgIpc) is 2.42. The molecule has 2 aromatic rings. The van der Waals surface area contributed by atoms with E-state index in [0.29, 0.717) is 17.1 Å². The van der Waals surface area contributed by atoms with Gasteiger partial charge in [0.05, 0.1) is 28.9 Å². The Balaban J connectivity index is 2.35. The van der Waals surface area contributed by atoms with Gasteiger partial charge in [-0.1, -0.05) is 0 Å². The molecule has 0 bridgehead atoms. The maximum Gasteiger partial charge on any atom is 0.135 e. The van der Waals surface area contributed by atoms with Crippen molar-refractivity contribution in [1.82, 2.24) is 4.98 Å². The lowest BCUT2D eigenvalue weighted by atomic mass is 10.2. The lowest BCUT2D eigenvalue weighted by Crippen LogP contribution is -1.96. The molecule has 0 aliphatic heterocycles. The molecule has 1 heterocycles. The van der Waals surface area contributed by atoms with Crippen molar-refractivity contribution in [3.05, 3.63) is 45.0 Å². The molecule has 0 aliphatic rings. The van der Waals surface area contributed by atoms with Crippen LogP contribution in [0.5, 0.6) is 5.75 Å². The Hall–Kier alpha value is -1.58. The maximum absolute atomic E-state index is 8.86. The minimum absolute atomic E-state index is 0.553. The molecule has 1 aromatic carbocycles. The number of pyridine rings is 1. The third kappa shape index (κ3) is 3.25. The summed E-state index contributed by atoms with van der Waals surface area (Å²) in [5, 5.41) is 12.0. The monoisotopic (exact) mass is 381 g/mol. The van der Waals surface area contributed by atoms with Gasteiger partial charge in [0, 0.05) is 16.7 Å². The Morgan fingerprint density at radius 2 is 2.05 bits per heavy atom. The maximum atomic E-state index is 8.86. The molecule has 0 amide bonds. The van der Waals surface area contributed by atoms with Gasteiger partial charge in [-0.15, -0.1) is 0 Å². The van der Waals surface area contributed by atoms with E-state index >= 15 is 0 Å². The van der Waals surface area contributed by atoms with Gasteiger partial charge >= 0.3 is 0 Å². The molecular formula is C13H9Br2N3O. The standard InChI is InChI=1S/C13H9Br2N3O/c1-19-12-6-11(9(14)5-10(12)15)18-13-4-8(7-16)2-3-17-13/h2-6H,1H3,(H,17,18). The summed E-state index contributed by atoms with van der Waals surface area (Å²) in [5.74, 6) is 1.31. The van der Waals surface area contributed by atoms with Gasteiger partial charge in [0.25, 0.3) is 0 Å². The van der Waals surface area contributed by atoms with Crippen LogP contribution in [0.1, 0.15) is 5.56 Å². The second-order valence-electron chi connectivity index (χ2n) is 3.63. The third-order valence-electron chi connectivity index (χ3n) is 2.39. The zero-order valence-corrected chi connectivity index (χ0v) is 13.1. The Labute approximate surface area is 127 Å². The van der Waals surface area contributed by atoms with Gasteiger partial charge in [-0.25, -0.2) is 4.98 Å². The number of halogens is 2. The summed E-state index contributed by atoms with van der Waals surface area (Å²) in [6, 6.07) is 9.14. The van der Waals surface area contributed by atoms with Crippen molar-refractivity contribution in [1.29, 1.82) is 5.26 Å². The fourth-order valence-corrected chi connectivity index (χ4v) is 2.74. The van der Waals surface area contributed by atoms with E-state index in [0.717, 1.165) is 14.6 Å². The molecule has 0 aliphatic carbocycles. The Bertz CT molecular complexity index is 653. The van der Waals surface area contributed by atoms with Crippen LogP contribution in [0.15, 0.2) is 39.4 Å². The minimum atomic E-state index is 0.553. The number of hydrogen-bond donors (Lipinski definition) is 1.